The van der Waals surface area contributed by atoms with Gasteiger partial charge in [0.2, 0.25) is 0 Å². The van der Waals surface area contributed by atoms with Crippen molar-refractivity contribution in [1.82, 2.24) is 10.6 Å². The first-order chi connectivity index (χ1) is 10.9. The molecule has 0 amide bonds. The smallest absolute Gasteiger partial charge is 0.191 e. The third-order valence-corrected chi connectivity index (χ3v) is 4.07. The van der Waals surface area contributed by atoms with Gasteiger partial charge in [0.25, 0.3) is 0 Å². The van der Waals surface area contributed by atoms with Crippen molar-refractivity contribution in [2.75, 3.05) is 32.2 Å². The molecule has 0 aromatic heterocycles. The van der Waals surface area contributed by atoms with E-state index in [-0.39, 0.29) is 29.7 Å². The van der Waals surface area contributed by atoms with Gasteiger partial charge in [-0.3, -0.25) is 4.99 Å². The maximum Gasteiger partial charge on any atom is 0.191 e. The lowest BCUT2D eigenvalue weighted by molar-refractivity contribution is 0.313. The number of nitrogens with one attached hydrogen (secondary N) is 2. The lowest BCUT2D eigenvalue weighted by Gasteiger charge is -2.15. The van der Waals surface area contributed by atoms with Crippen molar-refractivity contribution >= 4 is 39.8 Å². The van der Waals surface area contributed by atoms with Crippen molar-refractivity contribution in [2.24, 2.45) is 4.99 Å². The molecule has 0 heterocycles. The van der Waals surface area contributed by atoms with Gasteiger partial charge < -0.3 is 15.4 Å². The Kier molecular flexibility index (Phi) is 11.0. The number of halogens is 1. The van der Waals surface area contributed by atoms with E-state index < -0.39 is 9.84 Å². The Bertz CT molecular complexity index is 633. The van der Waals surface area contributed by atoms with Crippen molar-refractivity contribution in [1.29, 1.82) is 0 Å². The first kappa shape index (κ1) is 23.0. The molecular weight excluding hydrogens is 441 g/mol. The molecule has 0 radical (unpaired) electrons. The van der Waals surface area contributed by atoms with E-state index in [4.69, 9.17) is 4.74 Å². The molecule has 1 rings (SSSR count). The zero-order valence-corrected chi connectivity index (χ0v) is 17.9. The summed E-state index contributed by atoms with van der Waals surface area (Å²) in [4.78, 5) is 4.09. The number of hydrogen-bond acceptors (Lipinski definition) is 4. The van der Waals surface area contributed by atoms with Gasteiger partial charge in [-0.15, -0.1) is 24.0 Å². The molecule has 0 aliphatic heterocycles. The molecule has 24 heavy (non-hydrogen) atoms. The molecule has 1 aromatic rings. The van der Waals surface area contributed by atoms with E-state index in [0.717, 1.165) is 23.3 Å². The Hall–Kier alpha value is -1.03. The molecule has 0 atom stereocenters. The van der Waals surface area contributed by atoms with E-state index in [9.17, 15) is 8.42 Å². The maximum atomic E-state index is 11.1. The number of guanidine groups is 1. The first-order valence-electron chi connectivity index (χ1n) is 7.70. The van der Waals surface area contributed by atoms with Gasteiger partial charge in [0.1, 0.15) is 15.6 Å². The van der Waals surface area contributed by atoms with Crippen LogP contribution in [0.5, 0.6) is 5.75 Å². The van der Waals surface area contributed by atoms with Crippen LogP contribution in [0, 0.1) is 6.92 Å². The van der Waals surface area contributed by atoms with E-state index in [1.165, 1.54) is 6.26 Å². The van der Waals surface area contributed by atoms with E-state index in [2.05, 4.69) is 22.5 Å². The monoisotopic (exact) mass is 469 g/mol. The van der Waals surface area contributed by atoms with Crippen molar-refractivity contribution in [2.45, 2.75) is 26.8 Å². The second-order valence-electron chi connectivity index (χ2n) is 5.44. The van der Waals surface area contributed by atoms with Crippen molar-refractivity contribution in [3.8, 4) is 5.75 Å². The number of rotatable bonds is 8. The Balaban J connectivity index is 0.00000529. The third kappa shape index (κ3) is 9.31. The SMILES string of the molecule is CCCOc1cc(C)ccc1CNC(=NC)NCCS(C)(=O)=O.I. The summed E-state index contributed by atoms with van der Waals surface area (Å²) in [5.74, 6) is 1.50. The summed E-state index contributed by atoms with van der Waals surface area (Å²) in [6, 6.07) is 6.08. The number of sulfone groups is 1. The predicted molar refractivity (Wildman–Crippen MR) is 110 cm³/mol. The normalized spacial score (nSPS) is 11.6. The standard InChI is InChI=1S/C16H27N3O3S.HI/c1-5-9-22-15-11-13(2)6-7-14(15)12-19-16(17-3)18-8-10-23(4,20)21;/h6-7,11H,5,8-10,12H2,1-4H3,(H2,17,18,19);1H. The second kappa shape index (κ2) is 11.5. The number of nitrogens with zero attached hydrogens (tertiary/aromatic N) is 1. The quantitative estimate of drug-likeness (QED) is 0.347. The minimum absolute atomic E-state index is 0. The molecule has 0 aliphatic carbocycles. The van der Waals surface area contributed by atoms with Crippen LogP contribution in [-0.4, -0.2) is 46.6 Å². The summed E-state index contributed by atoms with van der Waals surface area (Å²) in [5, 5.41) is 6.16. The van der Waals surface area contributed by atoms with Crippen molar-refractivity contribution in [3.05, 3.63) is 29.3 Å². The zero-order valence-electron chi connectivity index (χ0n) is 14.8. The maximum absolute atomic E-state index is 11.1. The molecule has 2 N–H and O–H groups in total. The van der Waals surface area contributed by atoms with Gasteiger partial charge in [0.05, 0.1) is 12.4 Å². The van der Waals surface area contributed by atoms with Crippen molar-refractivity contribution < 1.29 is 13.2 Å². The van der Waals surface area contributed by atoms with Gasteiger partial charge in [-0.25, -0.2) is 8.42 Å². The summed E-state index contributed by atoms with van der Waals surface area (Å²) in [6.07, 6.45) is 2.17. The molecular formula is C16H28IN3O3S. The third-order valence-electron chi connectivity index (χ3n) is 3.12. The molecule has 0 saturated carbocycles. The predicted octanol–water partition coefficient (Wildman–Crippen LogP) is 2.11. The van der Waals surface area contributed by atoms with E-state index in [1.54, 1.807) is 7.05 Å². The summed E-state index contributed by atoms with van der Waals surface area (Å²) in [6.45, 7) is 5.66. The van der Waals surface area contributed by atoms with Crippen LogP contribution in [0.3, 0.4) is 0 Å². The largest absolute Gasteiger partial charge is 0.493 e. The number of hydrogen-bond donors (Lipinski definition) is 2. The Morgan fingerprint density at radius 2 is 2.00 bits per heavy atom. The molecule has 0 spiro atoms. The topological polar surface area (TPSA) is 79.8 Å². The highest BCUT2D eigenvalue weighted by Gasteiger charge is 2.07. The van der Waals surface area contributed by atoms with E-state index in [0.29, 0.717) is 25.7 Å². The van der Waals surface area contributed by atoms with Gasteiger partial charge in [0.15, 0.2) is 5.96 Å². The molecule has 0 fully saturated rings. The number of ether oxygens (including phenoxy) is 1. The molecule has 8 heteroatoms. The zero-order chi connectivity index (χ0) is 17.3. The van der Waals surface area contributed by atoms with Crippen LogP contribution in [0.2, 0.25) is 0 Å². The summed E-state index contributed by atoms with van der Waals surface area (Å²) < 4.78 is 28.1. The fraction of sp³-hybridized carbons (Fsp3) is 0.562. The molecule has 0 unspecified atom stereocenters. The highest BCUT2D eigenvalue weighted by Crippen LogP contribution is 2.20. The van der Waals surface area contributed by atoms with Crippen LogP contribution in [0.15, 0.2) is 23.2 Å². The number of aryl methyl sites for hydroxylation is 1. The molecule has 6 nitrogen and oxygen atoms in total. The summed E-state index contributed by atoms with van der Waals surface area (Å²) in [7, 11) is -1.33. The molecule has 0 bridgehead atoms. The average Bonchev–Trinajstić information content (AvgIpc) is 2.48. The Labute approximate surface area is 162 Å². The lowest BCUT2D eigenvalue weighted by atomic mass is 10.1. The minimum atomic E-state index is -2.98. The highest BCUT2D eigenvalue weighted by atomic mass is 127. The Morgan fingerprint density at radius 1 is 1.29 bits per heavy atom. The first-order valence-corrected chi connectivity index (χ1v) is 9.76. The highest BCUT2D eigenvalue weighted by molar-refractivity contribution is 14.0. The summed E-state index contributed by atoms with van der Waals surface area (Å²) >= 11 is 0. The van der Waals surface area contributed by atoms with Crippen LogP contribution in [-0.2, 0) is 16.4 Å². The fourth-order valence-corrected chi connectivity index (χ4v) is 2.38. The van der Waals surface area contributed by atoms with Crippen LogP contribution >= 0.6 is 24.0 Å². The van der Waals surface area contributed by atoms with Gasteiger partial charge in [-0.05, 0) is 25.0 Å². The number of aliphatic imine (C=N–C) groups is 1. The van der Waals surface area contributed by atoms with E-state index >= 15 is 0 Å². The molecule has 138 valence electrons. The summed E-state index contributed by atoms with van der Waals surface area (Å²) in [5.41, 5.74) is 2.19. The second-order valence-corrected chi connectivity index (χ2v) is 7.70. The van der Waals surface area contributed by atoms with E-state index in [1.807, 2.05) is 25.1 Å². The Morgan fingerprint density at radius 3 is 2.58 bits per heavy atom. The average molecular weight is 469 g/mol. The van der Waals surface area contributed by atoms with Gasteiger partial charge in [0, 0.05) is 32.0 Å². The number of benzene rings is 1. The molecule has 1 aromatic carbocycles. The van der Waals surface area contributed by atoms with Crippen LogP contribution in [0.1, 0.15) is 24.5 Å². The van der Waals surface area contributed by atoms with Gasteiger partial charge >= 0.3 is 0 Å². The van der Waals surface area contributed by atoms with Crippen LogP contribution in [0.4, 0.5) is 0 Å². The van der Waals surface area contributed by atoms with Gasteiger partial charge in [-0.2, -0.15) is 0 Å². The minimum Gasteiger partial charge on any atom is -0.493 e. The van der Waals surface area contributed by atoms with Crippen molar-refractivity contribution in [3.63, 3.8) is 0 Å². The molecule has 0 saturated heterocycles. The van der Waals surface area contributed by atoms with Crippen LogP contribution < -0.4 is 15.4 Å². The molecule has 0 aliphatic rings. The fourth-order valence-electron chi connectivity index (χ4n) is 1.91. The lowest BCUT2D eigenvalue weighted by Crippen LogP contribution is -2.39. The van der Waals surface area contributed by atoms with Gasteiger partial charge in [-0.1, -0.05) is 19.1 Å². The van der Waals surface area contributed by atoms with Crippen LogP contribution in [0.25, 0.3) is 0 Å².